The fourth-order valence-electron chi connectivity index (χ4n) is 1.13. The number of hydrogen-bond donors (Lipinski definition) is 4. The lowest BCUT2D eigenvalue weighted by Crippen LogP contribution is -2.52. The number of rotatable bonds is 6. The first-order valence-electron chi connectivity index (χ1n) is 5.49. The molecule has 0 aliphatic carbocycles. The van der Waals surface area contributed by atoms with Crippen LogP contribution >= 0.6 is 0 Å². The standard InChI is InChI=1S/C10H19N3O4/c1-4-7(9(15)16)13-10(17)12-6(3)8(14)11-5-2/h6-7H,4-5H2,1-3H3,(H,11,14)(H,15,16)(H2,12,13,17)/t6?,7-/m1/s1. The minimum Gasteiger partial charge on any atom is -0.480 e. The van der Waals surface area contributed by atoms with Crippen LogP contribution in [0.15, 0.2) is 0 Å². The van der Waals surface area contributed by atoms with E-state index in [1.54, 1.807) is 13.8 Å². The predicted octanol–water partition coefficient (Wildman–Crippen LogP) is -0.327. The molecule has 0 spiro atoms. The quantitative estimate of drug-likeness (QED) is 0.514. The topological polar surface area (TPSA) is 108 Å². The van der Waals surface area contributed by atoms with E-state index in [0.29, 0.717) is 6.54 Å². The van der Waals surface area contributed by atoms with Gasteiger partial charge in [-0.2, -0.15) is 0 Å². The van der Waals surface area contributed by atoms with E-state index >= 15 is 0 Å². The van der Waals surface area contributed by atoms with Crippen molar-refractivity contribution in [2.75, 3.05) is 6.54 Å². The molecular formula is C10H19N3O4. The molecule has 2 atom stereocenters. The molecule has 0 heterocycles. The summed E-state index contributed by atoms with van der Waals surface area (Å²) in [6.45, 7) is 5.40. The molecule has 0 radical (unpaired) electrons. The smallest absolute Gasteiger partial charge is 0.326 e. The van der Waals surface area contributed by atoms with Crippen LogP contribution < -0.4 is 16.0 Å². The zero-order valence-electron chi connectivity index (χ0n) is 10.2. The molecule has 0 bridgehead atoms. The Labute approximate surface area is 100.0 Å². The van der Waals surface area contributed by atoms with Gasteiger partial charge in [0.05, 0.1) is 0 Å². The van der Waals surface area contributed by atoms with E-state index < -0.39 is 24.1 Å². The van der Waals surface area contributed by atoms with Crippen LogP contribution in [0.5, 0.6) is 0 Å². The van der Waals surface area contributed by atoms with Crippen molar-refractivity contribution in [2.45, 2.75) is 39.3 Å². The summed E-state index contributed by atoms with van der Waals surface area (Å²) >= 11 is 0. The molecule has 0 aliphatic heterocycles. The number of hydrogen-bond acceptors (Lipinski definition) is 3. The van der Waals surface area contributed by atoms with Crippen LogP contribution in [0.1, 0.15) is 27.2 Å². The molecule has 0 aromatic carbocycles. The molecule has 0 saturated carbocycles. The third-order valence-electron chi connectivity index (χ3n) is 2.10. The fraction of sp³-hybridized carbons (Fsp3) is 0.700. The van der Waals surface area contributed by atoms with Gasteiger partial charge in [0.15, 0.2) is 0 Å². The second-order valence-corrected chi connectivity index (χ2v) is 3.53. The summed E-state index contributed by atoms with van der Waals surface area (Å²) < 4.78 is 0. The van der Waals surface area contributed by atoms with Crippen molar-refractivity contribution in [2.24, 2.45) is 0 Å². The largest absolute Gasteiger partial charge is 0.480 e. The number of aliphatic carboxylic acids is 1. The number of likely N-dealkylation sites (N-methyl/N-ethyl adjacent to an activating group) is 1. The van der Waals surface area contributed by atoms with Crippen LogP contribution in [-0.2, 0) is 9.59 Å². The van der Waals surface area contributed by atoms with Crippen LogP contribution in [0, 0.1) is 0 Å². The Hall–Kier alpha value is -1.79. The highest BCUT2D eigenvalue weighted by Gasteiger charge is 2.20. The molecule has 0 fully saturated rings. The molecule has 0 aliphatic rings. The first-order chi connectivity index (χ1) is 7.92. The summed E-state index contributed by atoms with van der Waals surface area (Å²) in [5.41, 5.74) is 0. The van der Waals surface area contributed by atoms with Gasteiger partial charge in [-0.25, -0.2) is 9.59 Å². The Morgan fingerprint density at radius 2 is 1.76 bits per heavy atom. The number of carbonyl (C=O) groups excluding carboxylic acids is 2. The van der Waals surface area contributed by atoms with Crippen LogP contribution in [0.25, 0.3) is 0 Å². The zero-order valence-corrected chi connectivity index (χ0v) is 10.2. The van der Waals surface area contributed by atoms with Gasteiger partial charge in [-0.15, -0.1) is 0 Å². The Bertz CT molecular complexity index is 293. The Kier molecular flexibility index (Phi) is 6.69. The number of carbonyl (C=O) groups is 3. The Morgan fingerprint density at radius 1 is 1.18 bits per heavy atom. The first kappa shape index (κ1) is 15.2. The van der Waals surface area contributed by atoms with Gasteiger partial charge in [-0.1, -0.05) is 6.92 Å². The second kappa shape index (κ2) is 7.48. The van der Waals surface area contributed by atoms with Crippen LogP contribution in [0.2, 0.25) is 0 Å². The van der Waals surface area contributed by atoms with Crippen molar-refractivity contribution in [3.8, 4) is 0 Å². The summed E-state index contributed by atoms with van der Waals surface area (Å²) in [5, 5.41) is 15.9. The first-order valence-corrected chi connectivity index (χ1v) is 5.49. The predicted molar refractivity (Wildman–Crippen MR) is 61.5 cm³/mol. The fourth-order valence-corrected chi connectivity index (χ4v) is 1.13. The lowest BCUT2D eigenvalue weighted by atomic mass is 10.2. The minimum atomic E-state index is -1.10. The van der Waals surface area contributed by atoms with Crippen LogP contribution in [0.4, 0.5) is 4.79 Å². The molecular weight excluding hydrogens is 226 g/mol. The summed E-state index contributed by atoms with van der Waals surface area (Å²) in [4.78, 5) is 33.3. The molecule has 7 nitrogen and oxygen atoms in total. The number of amides is 3. The van der Waals surface area contributed by atoms with Crippen LogP contribution in [0.3, 0.4) is 0 Å². The van der Waals surface area contributed by atoms with E-state index in [1.807, 2.05) is 0 Å². The van der Waals surface area contributed by atoms with E-state index in [9.17, 15) is 14.4 Å². The van der Waals surface area contributed by atoms with E-state index in [4.69, 9.17) is 5.11 Å². The molecule has 98 valence electrons. The number of urea groups is 1. The number of carboxylic acid groups (broad SMARTS) is 1. The van der Waals surface area contributed by atoms with Crippen molar-refractivity contribution in [1.29, 1.82) is 0 Å². The lowest BCUT2D eigenvalue weighted by molar-refractivity contribution is -0.139. The molecule has 0 saturated heterocycles. The Morgan fingerprint density at radius 3 is 2.18 bits per heavy atom. The van der Waals surface area contributed by atoms with E-state index in [0.717, 1.165) is 0 Å². The monoisotopic (exact) mass is 245 g/mol. The van der Waals surface area contributed by atoms with E-state index in [2.05, 4.69) is 16.0 Å². The second-order valence-electron chi connectivity index (χ2n) is 3.53. The summed E-state index contributed by atoms with van der Waals surface area (Å²) in [7, 11) is 0. The highest BCUT2D eigenvalue weighted by atomic mass is 16.4. The third-order valence-corrected chi connectivity index (χ3v) is 2.10. The van der Waals surface area contributed by atoms with Crippen molar-refractivity contribution in [3.63, 3.8) is 0 Å². The molecule has 3 amide bonds. The molecule has 1 unspecified atom stereocenters. The maximum Gasteiger partial charge on any atom is 0.326 e. The normalized spacial score (nSPS) is 13.4. The van der Waals surface area contributed by atoms with Crippen LogP contribution in [-0.4, -0.2) is 41.6 Å². The van der Waals surface area contributed by atoms with E-state index in [-0.39, 0.29) is 12.3 Å². The Balaban J connectivity index is 4.17. The highest BCUT2D eigenvalue weighted by Crippen LogP contribution is 1.91. The van der Waals surface area contributed by atoms with Gasteiger partial charge in [0.2, 0.25) is 5.91 Å². The molecule has 0 aromatic rings. The van der Waals surface area contributed by atoms with Gasteiger partial charge in [-0.3, -0.25) is 4.79 Å². The molecule has 0 aromatic heterocycles. The third kappa shape index (κ3) is 5.74. The molecule has 4 N–H and O–H groups in total. The van der Waals surface area contributed by atoms with Gasteiger partial charge >= 0.3 is 12.0 Å². The van der Waals surface area contributed by atoms with E-state index in [1.165, 1.54) is 6.92 Å². The van der Waals surface area contributed by atoms with Crippen molar-refractivity contribution < 1.29 is 19.5 Å². The zero-order chi connectivity index (χ0) is 13.4. The van der Waals surface area contributed by atoms with Gasteiger partial charge in [-0.05, 0) is 20.3 Å². The van der Waals surface area contributed by atoms with Gasteiger partial charge < -0.3 is 21.1 Å². The van der Waals surface area contributed by atoms with Gasteiger partial charge in [0.1, 0.15) is 12.1 Å². The summed E-state index contributed by atoms with van der Waals surface area (Å²) in [6.07, 6.45) is 0.276. The maximum atomic E-state index is 11.4. The van der Waals surface area contributed by atoms with Gasteiger partial charge in [0.25, 0.3) is 0 Å². The molecule has 7 heteroatoms. The van der Waals surface area contributed by atoms with Gasteiger partial charge in [0, 0.05) is 6.54 Å². The average Bonchev–Trinajstić information content (AvgIpc) is 2.25. The average molecular weight is 245 g/mol. The summed E-state index contributed by atoms with van der Waals surface area (Å²) in [6, 6.07) is -2.32. The lowest BCUT2D eigenvalue weighted by Gasteiger charge is -2.16. The number of carboxylic acids is 1. The summed E-state index contributed by atoms with van der Waals surface area (Å²) in [5.74, 6) is -1.42. The highest BCUT2D eigenvalue weighted by molar-refractivity contribution is 5.88. The molecule has 0 rings (SSSR count). The number of nitrogens with one attached hydrogen (secondary N) is 3. The maximum absolute atomic E-state index is 11.4. The minimum absolute atomic E-state index is 0.276. The van der Waals surface area contributed by atoms with Crippen molar-refractivity contribution >= 4 is 17.9 Å². The molecule has 17 heavy (non-hydrogen) atoms. The van der Waals surface area contributed by atoms with Crippen molar-refractivity contribution in [3.05, 3.63) is 0 Å². The van der Waals surface area contributed by atoms with Crippen molar-refractivity contribution in [1.82, 2.24) is 16.0 Å². The SMILES string of the molecule is CCNC(=O)C(C)NC(=O)N[C@H](CC)C(=O)O.